The Labute approximate surface area is 97.6 Å². The molecule has 1 aliphatic heterocycles. The van der Waals surface area contributed by atoms with Crippen LogP contribution in [0.4, 0.5) is 0 Å². The molecule has 0 saturated carbocycles. The zero-order valence-electron chi connectivity index (χ0n) is 10.4. The minimum atomic E-state index is 0.216. The quantitative estimate of drug-likeness (QED) is 0.663. The Hall–Kier alpha value is -1.16. The lowest BCUT2D eigenvalue weighted by atomic mass is 10.2. The Morgan fingerprint density at radius 3 is 2.50 bits per heavy atom. The number of hydrogen-bond donors (Lipinski definition) is 0. The number of aliphatic imine (C=N–C) groups is 1. The average molecular weight is 223 g/mol. The Bertz CT molecular complexity index is 289. The summed E-state index contributed by atoms with van der Waals surface area (Å²) in [4.78, 5) is 20.0. The highest BCUT2D eigenvalue weighted by Crippen LogP contribution is 2.02. The molecule has 0 N–H and O–H groups in total. The number of hydrogen-bond acceptors (Lipinski definition) is 3. The van der Waals surface area contributed by atoms with E-state index >= 15 is 0 Å². The second-order valence-electron chi connectivity index (χ2n) is 4.16. The van der Waals surface area contributed by atoms with Gasteiger partial charge in [-0.25, -0.2) is 0 Å². The van der Waals surface area contributed by atoms with E-state index in [9.17, 15) is 4.79 Å². The Kier molecular flexibility index (Phi) is 5.19. The van der Waals surface area contributed by atoms with Crippen molar-refractivity contribution in [3.05, 3.63) is 12.2 Å². The Balaban J connectivity index is 2.33. The van der Waals surface area contributed by atoms with Crippen LogP contribution in [0, 0.1) is 0 Å². The average Bonchev–Trinajstić information content (AvgIpc) is 2.29. The van der Waals surface area contributed by atoms with Gasteiger partial charge >= 0.3 is 0 Å². The third kappa shape index (κ3) is 4.14. The van der Waals surface area contributed by atoms with E-state index in [2.05, 4.69) is 16.9 Å². The first-order chi connectivity index (χ1) is 7.63. The number of piperazine rings is 1. The highest BCUT2D eigenvalue weighted by Gasteiger charge is 2.17. The molecule has 1 amide bonds. The fraction of sp³-hybridized carbons (Fsp3) is 0.667. The summed E-state index contributed by atoms with van der Waals surface area (Å²) in [6, 6.07) is 0. The largest absolute Gasteiger partial charge is 0.340 e. The first kappa shape index (κ1) is 12.9. The predicted molar refractivity (Wildman–Crippen MR) is 66.9 cm³/mol. The zero-order valence-corrected chi connectivity index (χ0v) is 10.4. The maximum atomic E-state index is 11.8. The van der Waals surface area contributed by atoms with Crippen molar-refractivity contribution in [3.63, 3.8) is 0 Å². The molecule has 0 unspecified atom stereocenters. The van der Waals surface area contributed by atoms with Crippen LogP contribution in [0.1, 0.15) is 13.3 Å². The molecule has 0 bridgehead atoms. The summed E-state index contributed by atoms with van der Waals surface area (Å²) in [5.41, 5.74) is 0.950. The molecule has 0 aliphatic carbocycles. The fourth-order valence-electron chi connectivity index (χ4n) is 1.59. The van der Waals surface area contributed by atoms with E-state index in [-0.39, 0.29) is 5.91 Å². The normalized spacial score (nSPS) is 19.4. The molecule has 0 aromatic carbocycles. The molecule has 1 aliphatic rings. The molecule has 0 aromatic rings. The molecule has 1 rings (SSSR count). The van der Waals surface area contributed by atoms with Gasteiger partial charge in [-0.15, -0.1) is 0 Å². The van der Waals surface area contributed by atoms with Crippen molar-refractivity contribution in [2.75, 3.05) is 40.3 Å². The summed E-state index contributed by atoms with van der Waals surface area (Å²) < 4.78 is 0. The Morgan fingerprint density at radius 2 is 1.94 bits per heavy atom. The molecule has 4 heteroatoms. The number of likely N-dealkylation sites (N-methyl/N-ethyl adjacent to an activating group) is 1. The topological polar surface area (TPSA) is 35.9 Å². The van der Waals surface area contributed by atoms with Gasteiger partial charge in [0.15, 0.2) is 0 Å². The molecule has 90 valence electrons. The molecular formula is C12H21N3O. The fourth-order valence-corrected chi connectivity index (χ4v) is 1.59. The van der Waals surface area contributed by atoms with Crippen LogP contribution in [0.15, 0.2) is 17.1 Å². The zero-order chi connectivity index (χ0) is 12.0. The lowest BCUT2D eigenvalue weighted by molar-refractivity contribution is -0.131. The van der Waals surface area contributed by atoms with Gasteiger partial charge in [-0.3, -0.25) is 9.79 Å². The maximum Gasteiger partial charge on any atom is 0.226 e. The third-order valence-electron chi connectivity index (χ3n) is 2.86. The van der Waals surface area contributed by atoms with Crippen molar-refractivity contribution in [1.82, 2.24) is 9.80 Å². The molecular weight excluding hydrogens is 202 g/mol. The molecule has 1 fully saturated rings. The first-order valence-electron chi connectivity index (χ1n) is 5.69. The van der Waals surface area contributed by atoms with Gasteiger partial charge in [0.25, 0.3) is 0 Å². The van der Waals surface area contributed by atoms with Gasteiger partial charge in [-0.2, -0.15) is 0 Å². The number of allylic oxidation sites excluding steroid dienone is 1. The van der Waals surface area contributed by atoms with Crippen molar-refractivity contribution in [3.8, 4) is 0 Å². The Morgan fingerprint density at radius 1 is 1.31 bits per heavy atom. The van der Waals surface area contributed by atoms with Gasteiger partial charge in [-0.1, -0.05) is 6.08 Å². The van der Waals surface area contributed by atoms with Crippen LogP contribution in [0.5, 0.6) is 0 Å². The first-order valence-corrected chi connectivity index (χ1v) is 5.69. The number of nitrogens with zero attached hydrogens (tertiary/aromatic N) is 3. The van der Waals surface area contributed by atoms with Crippen LogP contribution >= 0.6 is 0 Å². The van der Waals surface area contributed by atoms with E-state index in [1.807, 2.05) is 24.0 Å². The SMILES string of the molecule is CN=C(C)/C=C\CC(=O)N1CCN(C)CC1. The van der Waals surface area contributed by atoms with Gasteiger partial charge in [0, 0.05) is 45.4 Å². The standard InChI is InChI=1S/C12H21N3O/c1-11(13-2)5-4-6-12(16)15-9-7-14(3)8-10-15/h4-5H,6-10H2,1-3H3/b5-4-,13-11?. The summed E-state index contributed by atoms with van der Waals surface area (Å²) in [6.07, 6.45) is 4.27. The maximum absolute atomic E-state index is 11.8. The van der Waals surface area contributed by atoms with Crippen LogP contribution in [0.25, 0.3) is 0 Å². The molecule has 1 heterocycles. The molecule has 0 radical (unpaired) electrons. The molecule has 0 aromatic heterocycles. The predicted octanol–water partition coefficient (Wildman–Crippen LogP) is 0.797. The molecule has 1 saturated heterocycles. The second kappa shape index (κ2) is 6.43. The van der Waals surface area contributed by atoms with Crippen molar-refractivity contribution < 1.29 is 4.79 Å². The number of carbonyl (C=O) groups is 1. The molecule has 16 heavy (non-hydrogen) atoms. The number of rotatable bonds is 3. The third-order valence-corrected chi connectivity index (χ3v) is 2.86. The van der Waals surface area contributed by atoms with Crippen molar-refractivity contribution in [2.45, 2.75) is 13.3 Å². The summed E-state index contributed by atoms with van der Waals surface area (Å²) >= 11 is 0. The van der Waals surface area contributed by atoms with Gasteiger partial charge in [0.05, 0.1) is 0 Å². The molecule has 0 atom stereocenters. The summed E-state index contributed by atoms with van der Waals surface area (Å²) in [6.45, 7) is 5.58. The van der Waals surface area contributed by atoms with E-state index in [1.54, 1.807) is 7.05 Å². The highest BCUT2D eigenvalue weighted by atomic mass is 16.2. The van der Waals surface area contributed by atoms with Crippen LogP contribution < -0.4 is 0 Å². The summed E-state index contributed by atoms with van der Waals surface area (Å²) in [7, 11) is 3.84. The lowest BCUT2D eigenvalue weighted by Gasteiger charge is -2.32. The lowest BCUT2D eigenvalue weighted by Crippen LogP contribution is -2.46. The summed E-state index contributed by atoms with van der Waals surface area (Å²) in [5.74, 6) is 0.216. The van der Waals surface area contributed by atoms with Crippen LogP contribution in [-0.4, -0.2) is 61.7 Å². The van der Waals surface area contributed by atoms with Gasteiger partial charge in [0.2, 0.25) is 5.91 Å². The van der Waals surface area contributed by atoms with Crippen LogP contribution in [0.3, 0.4) is 0 Å². The van der Waals surface area contributed by atoms with Gasteiger partial charge in [0.1, 0.15) is 0 Å². The number of amides is 1. The van der Waals surface area contributed by atoms with Crippen LogP contribution in [0.2, 0.25) is 0 Å². The molecule has 0 spiro atoms. The van der Waals surface area contributed by atoms with Gasteiger partial charge < -0.3 is 9.80 Å². The van der Waals surface area contributed by atoms with Crippen molar-refractivity contribution >= 4 is 11.6 Å². The van der Waals surface area contributed by atoms with E-state index in [0.717, 1.165) is 31.9 Å². The summed E-state index contributed by atoms with van der Waals surface area (Å²) in [5, 5.41) is 0. The smallest absolute Gasteiger partial charge is 0.226 e. The van der Waals surface area contributed by atoms with Gasteiger partial charge in [-0.05, 0) is 20.0 Å². The molecule has 4 nitrogen and oxygen atoms in total. The number of carbonyl (C=O) groups excluding carboxylic acids is 1. The van der Waals surface area contributed by atoms with Crippen molar-refractivity contribution in [1.29, 1.82) is 0 Å². The second-order valence-corrected chi connectivity index (χ2v) is 4.16. The van der Waals surface area contributed by atoms with E-state index < -0.39 is 0 Å². The monoisotopic (exact) mass is 223 g/mol. The van der Waals surface area contributed by atoms with Crippen LogP contribution in [-0.2, 0) is 4.79 Å². The minimum absolute atomic E-state index is 0.216. The minimum Gasteiger partial charge on any atom is -0.340 e. The van der Waals surface area contributed by atoms with E-state index in [0.29, 0.717) is 6.42 Å². The van der Waals surface area contributed by atoms with Crippen molar-refractivity contribution in [2.24, 2.45) is 4.99 Å². The van der Waals surface area contributed by atoms with E-state index in [1.165, 1.54) is 0 Å². The van der Waals surface area contributed by atoms with E-state index in [4.69, 9.17) is 0 Å². The highest BCUT2D eigenvalue weighted by molar-refractivity contribution is 5.93.